The molecule has 5 rings (SSSR count). The topological polar surface area (TPSA) is 84.7 Å². The van der Waals surface area contributed by atoms with E-state index in [1.807, 2.05) is 91.0 Å². The molecule has 0 fully saturated rings. The highest BCUT2D eigenvalue weighted by molar-refractivity contribution is 6.12. The van der Waals surface area contributed by atoms with E-state index in [1.165, 1.54) is 0 Å². The Hall–Kier alpha value is -4.51. The lowest BCUT2D eigenvalue weighted by Crippen LogP contribution is -2.18. The van der Waals surface area contributed by atoms with Crippen LogP contribution in [-0.2, 0) is 0 Å². The van der Waals surface area contributed by atoms with E-state index in [1.54, 1.807) is 12.1 Å². The van der Waals surface area contributed by atoms with Crippen molar-refractivity contribution >= 4 is 44.6 Å². The molecule has 0 spiro atoms. The summed E-state index contributed by atoms with van der Waals surface area (Å²) in [5.41, 5.74) is 2.65. The molecule has 5 aromatic rings. The summed E-state index contributed by atoms with van der Waals surface area (Å²) in [6.07, 6.45) is 0. The van der Waals surface area contributed by atoms with Crippen LogP contribution in [0.2, 0.25) is 0 Å². The number of benzene rings is 4. The van der Waals surface area contributed by atoms with E-state index in [4.69, 9.17) is 10.8 Å². The first-order chi connectivity index (χ1) is 15.7. The molecule has 4 aromatic carbocycles. The number of nitrogens with one attached hydrogen (secondary N) is 4. The fourth-order valence-electron chi connectivity index (χ4n) is 3.78. The smallest absolute Gasteiger partial charge is 0.148 e. The number of pyridine rings is 1. The second-order valence-corrected chi connectivity index (χ2v) is 7.46. The highest BCUT2D eigenvalue weighted by atomic mass is 15.0. The van der Waals surface area contributed by atoms with E-state index >= 15 is 0 Å². The van der Waals surface area contributed by atoms with Gasteiger partial charge in [0, 0.05) is 22.1 Å². The number of anilines is 2. The summed E-state index contributed by atoms with van der Waals surface area (Å²) in [4.78, 5) is 4.55. The van der Waals surface area contributed by atoms with Gasteiger partial charge in [-0.3, -0.25) is 10.8 Å². The van der Waals surface area contributed by atoms with Crippen LogP contribution in [0.3, 0.4) is 0 Å². The second-order valence-electron chi connectivity index (χ2n) is 7.46. The van der Waals surface area contributed by atoms with Gasteiger partial charge >= 0.3 is 0 Å². The zero-order valence-corrected chi connectivity index (χ0v) is 17.3. The average Bonchev–Trinajstić information content (AvgIpc) is 2.84. The first-order valence-electron chi connectivity index (χ1n) is 10.3. The first kappa shape index (κ1) is 19.5. The Labute approximate surface area is 185 Å². The maximum atomic E-state index is 8.54. The van der Waals surface area contributed by atoms with Gasteiger partial charge in [0.2, 0.25) is 0 Å². The third kappa shape index (κ3) is 3.79. The lowest BCUT2D eigenvalue weighted by Gasteiger charge is -2.13. The van der Waals surface area contributed by atoms with E-state index in [-0.39, 0.29) is 11.7 Å². The third-order valence-corrected chi connectivity index (χ3v) is 5.36. The lowest BCUT2D eigenvalue weighted by atomic mass is 10.1. The highest BCUT2D eigenvalue weighted by Crippen LogP contribution is 2.24. The summed E-state index contributed by atoms with van der Waals surface area (Å²) < 4.78 is 0. The summed E-state index contributed by atoms with van der Waals surface area (Å²) in [5.74, 6) is 0.363. The van der Waals surface area contributed by atoms with Crippen molar-refractivity contribution in [2.45, 2.75) is 0 Å². The van der Waals surface area contributed by atoms with Gasteiger partial charge in [0.15, 0.2) is 0 Å². The lowest BCUT2D eigenvalue weighted by molar-refractivity contribution is 1.22. The summed E-state index contributed by atoms with van der Waals surface area (Å²) in [7, 11) is 0. The molecule has 0 bridgehead atoms. The Kier molecular flexibility index (Phi) is 5.06. The fraction of sp³-hybridized carbons (Fsp3) is 0. The maximum absolute atomic E-state index is 8.54. The zero-order chi connectivity index (χ0) is 21.9. The monoisotopic (exact) mass is 415 g/mol. The quantitative estimate of drug-likeness (QED) is 0.206. The van der Waals surface area contributed by atoms with Crippen LogP contribution in [0.1, 0.15) is 11.4 Å². The molecule has 32 heavy (non-hydrogen) atoms. The van der Waals surface area contributed by atoms with E-state index in [0.717, 1.165) is 32.9 Å². The highest BCUT2D eigenvalue weighted by Gasteiger charge is 2.11. The van der Waals surface area contributed by atoms with Crippen LogP contribution < -0.4 is 10.6 Å². The number of nitrogens with zero attached hydrogens (tertiary/aromatic N) is 1. The predicted molar refractivity (Wildman–Crippen MR) is 133 cm³/mol. The van der Waals surface area contributed by atoms with Crippen molar-refractivity contribution in [3.05, 3.63) is 115 Å². The standard InChI is InChI=1S/C27H21N5/c28-26(31-22-14-5-10-18-8-1-3-12-20(18)22)24-16-7-17-25(30-24)27(29)32-23-15-6-11-19-9-2-4-13-21(19)23/h1-17H,(H2,28,31)(H2,29,32). The Morgan fingerprint density at radius 2 is 0.906 bits per heavy atom. The van der Waals surface area contributed by atoms with Crippen molar-refractivity contribution in [1.29, 1.82) is 10.8 Å². The molecule has 1 aromatic heterocycles. The minimum absolute atomic E-state index is 0.182. The van der Waals surface area contributed by atoms with Crippen LogP contribution in [0.25, 0.3) is 21.5 Å². The van der Waals surface area contributed by atoms with Crippen LogP contribution in [-0.4, -0.2) is 16.7 Å². The third-order valence-electron chi connectivity index (χ3n) is 5.36. The Balaban J connectivity index is 1.39. The van der Waals surface area contributed by atoms with Crippen molar-refractivity contribution in [3.8, 4) is 0 Å². The van der Waals surface area contributed by atoms with Crippen molar-refractivity contribution in [3.63, 3.8) is 0 Å². The summed E-state index contributed by atoms with van der Waals surface area (Å²) in [5, 5.41) is 27.7. The van der Waals surface area contributed by atoms with Gasteiger partial charge in [-0.05, 0) is 35.0 Å². The molecule has 0 aliphatic heterocycles. The van der Waals surface area contributed by atoms with Crippen molar-refractivity contribution < 1.29 is 0 Å². The van der Waals surface area contributed by atoms with Gasteiger partial charge in [-0.1, -0.05) is 78.9 Å². The summed E-state index contributed by atoms with van der Waals surface area (Å²) in [6, 6.07) is 33.4. The van der Waals surface area contributed by atoms with Gasteiger partial charge in [0.25, 0.3) is 0 Å². The number of amidine groups is 2. The van der Waals surface area contributed by atoms with Gasteiger partial charge in [-0.15, -0.1) is 0 Å². The minimum Gasteiger partial charge on any atom is -0.338 e. The average molecular weight is 416 g/mol. The molecule has 4 N–H and O–H groups in total. The van der Waals surface area contributed by atoms with Gasteiger partial charge in [0.05, 0.1) is 0 Å². The Morgan fingerprint density at radius 1 is 0.500 bits per heavy atom. The van der Waals surface area contributed by atoms with Crippen LogP contribution in [0.15, 0.2) is 103 Å². The normalized spacial score (nSPS) is 10.8. The molecule has 1 heterocycles. The molecule has 0 aliphatic carbocycles. The molecular weight excluding hydrogens is 394 g/mol. The molecule has 0 radical (unpaired) electrons. The van der Waals surface area contributed by atoms with Crippen molar-refractivity contribution in [2.75, 3.05) is 10.6 Å². The van der Waals surface area contributed by atoms with Gasteiger partial charge < -0.3 is 10.6 Å². The van der Waals surface area contributed by atoms with E-state index in [9.17, 15) is 0 Å². The maximum Gasteiger partial charge on any atom is 0.148 e. The molecule has 154 valence electrons. The molecule has 0 saturated carbocycles. The molecule has 5 heteroatoms. The molecule has 5 nitrogen and oxygen atoms in total. The molecule has 0 saturated heterocycles. The van der Waals surface area contributed by atoms with Crippen LogP contribution >= 0.6 is 0 Å². The SMILES string of the molecule is N=C(Nc1cccc2ccccc12)c1cccc(C(=N)Nc2cccc3ccccc23)n1. The van der Waals surface area contributed by atoms with Gasteiger partial charge in [-0.25, -0.2) is 4.98 Å². The van der Waals surface area contributed by atoms with Gasteiger partial charge in [-0.2, -0.15) is 0 Å². The van der Waals surface area contributed by atoms with E-state index in [0.29, 0.717) is 11.4 Å². The Morgan fingerprint density at radius 3 is 1.41 bits per heavy atom. The molecule has 0 atom stereocenters. The van der Waals surface area contributed by atoms with Crippen LogP contribution in [0, 0.1) is 10.8 Å². The van der Waals surface area contributed by atoms with Crippen molar-refractivity contribution in [1.82, 2.24) is 4.98 Å². The van der Waals surface area contributed by atoms with E-state index in [2.05, 4.69) is 15.6 Å². The first-order valence-corrected chi connectivity index (χ1v) is 10.3. The second kappa shape index (κ2) is 8.32. The largest absolute Gasteiger partial charge is 0.338 e. The van der Waals surface area contributed by atoms with E-state index < -0.39 is 0 Å². The fourth-order valence-corrected chi connectivity index (χ4v) is 3.78. The molecule has 0 aliphatic rings. The van der Waals surface area contributed by atoms with Crippen molar-refractivity contribution in [2.24, 2.45) is 0 Å². The van der Waals surface area contributed by atoms with Gasteiger partial charge in [0.1, 0.15) is 23.1 Å². The number of aromatic nitrogens is 1. The summed E-state index contributed by atoms with van der Waals surface area (Å²) in [6.45, 7) is 0. The van der Waals surface area contributed by atoms with Crippen LogP contribution in [0.4, 0.5) is 11.4 Å². The zero-order valence-electron chi connectivity index (χ0n) is 17.3. The Bertz CT molecular complexity index is 1350. The molecular formula is C27H21N5. The molecule has 0 amide bonds. The number of hydrogen-bond donors (Lipinski definition) is 4. The predicted octanol–water partition coefficient (Wildman–Crippen LogP) is 6.26. The van der Waals surface area contributed by atoms with Crippen LogP contribution in [0.5, 0.6) is 0 Å². The number of fused-ring (bicyclic) bond motifs is 2. The molecule has 0 unspecified atom stereocenters. The minimum atomic E-state index is 0.182. The number of hydrogen-bond acceptors (Lipinski definition) is 3. The summed E-state index contributed by atoms with van der Waals surface area (Å²) >= 11 is 0. The number of rotatable bonds is 4.